The average molecular weight is 457 g/mol. The molecule has 8 nitrogen and oxygen atoms in total. The summed E-state index contributed by atoms with van der Waals surface area (Å²) < 4.78 is 17.0. The van der Waals surface area contributed by atoms with Gasteiger partial charge in [0.05, 0.1) is 17.6 Å². The summed E-state index contributed by atoms with van der Waals surface area (Å²) in [5.41, 5.74) is 2.22. The van der Waals surface area contributed by atoms with Crippen LogP contribution in [0.25, 0.3) is 11.3 Å². The minimum atomic E-state index is -0.747. The van der Waals surface area contributed by atoms with Crippen molar-refractivity contribution in [3.63, 3.8) is 0 Å². The Morgan fingerprint density at radius 3 is 2.55 bits per heavy atom. The van der Waals surface area contributed by atoms with Crippen LogP contribution in [-0.4, -0.2) is 46.4 Å². The number of benzene rings is 1. The molecular formula is C25H32N2O6. The largest absolute Gasteiger partial charge is 0.490 e. The van der Waals surface area contributed by atoms with Gasteiger partial charge in [-0.05, 0) is 69.7 Å². The third-order valence-electron chi connectivity index (χ3n) is 6.89. The van der Waals surface area contributed by atoms with Gasteiger partial charge in [-0.3, -0.25) is 4.79 Å². The number of aromatic nitrogens is 1. The summed E-state index contributed by atoms with van der Waals surface area (Å²) in [4.78, 5) is 25.5. The highest BCUT2D eigenvalue weighted by molar-refractivity contribution is 5.70. The van der Waals surface area contributed by atoms with Gasteiger partial charge in [-0.15, -0.1) is 0 Å². The molecular weight excluding hydrogens is 424 g/mol. The maximum atomic E-state index is 12.5. The van der Waals surface area contributed by atoms with Crippen LogP contribution in [0.3, 0.4) is 0 Å². The van der Waals surface area contributed by atoms with Gasteiger partial charge in [0.1, 0.15) is 23.8 Å². The van der Waals surface area contributed by atoms with E-state index in [1.54, 1.807) is 18.9 Å². The van der Waals surface area contributed by atoms with Crippen LogP contribution in [0.4, 0.5) is 4.79 Å². The van der Waals surface area contributed by atoms with Crippen LogP contribution in [0.1, 0.15) is 62.7 Å². The lowest BCUT2D eigenvalue weighted by Gasteiger charge is -2.27. The van der Waals surface area contributed by atoms with Crippen molar-refractivity contribution in [1.82, 2.24) is 10.1 Å². The van der Waals surface area contributed by atoms with Gasteiger partial charge < -0.3 is 24.0 Å². The van der Waals surface area contributed by atoms with Crippen molar-refractivity contribution in [2.24, 2.45) is 5.92 Å². The van der Waals surface area contributed by atoms with Gasteiger partial charge in [-0.25, -0.2) is 4.79 Å². The molecule has 0 bridgehead atoms. The van der Waals surface area contributed by atoms with Crippen LogP contribution in [0.15, 0.2) is 28.8 Å². The summed E-state index contributed by atoms with van der Waals surface area (Å²) >= 11 is 0. The van der Waals surface area contributed by atoms with E-state index in [1.165, 1.54) is 0 Å². The second-order valence-corrected chi connectivity index (χ2v) is 9.14. The van der Waals surface area contributed by atoms with Crippen molar-refractivity contribution in [2.45, 2.75) is 77.0 Å². The molecule has 1 aromatic heterocycles. The minimum Gasteiger partial charge on any atom is -0.490 e. The Kier molecular flexibility index (Phi) is 7.20. The van der Waals surface area contributed by atoms with Crippen LogP contribution in [0.5, 0.6) is 5.75 Å². The van der Waals surface area contributed by atoms with E-state index in [1.807, 2.05) is 24.3 Å². The average Bonchev–Trinajstić information content (AvgIpc) is 3.48. The molecule has 1 aromatic carbocycles. The molecule has 2 saturated carbocycles. The van der Waals surface area contributed by atoms with Gasteiger partial charge in [0.25, 0.3) is 0 Å². The summed E-state index contributed by atoms with van der Waals surface area (Å²) in [6, 6.07) is 7.74. The van der Waals surface area contributed by atoms with E-state index >= 15 is 0 Å². The first-order chi connectivity index (χ1) is 15.9. The topological polar surface area (TPSA) is 102 Å². The number of ether oxygens (including phenoxy) is 2. The van der Waals surface area contributed by atoms with E-state index < -0.39 is 5.97 Å². The zero-order valence-corrected chi connectivity index (χ0v) is 19.3. The van der Waals surface area contributed by atoms with Crippen LogP contribution >= 0.6 is 0 Å². The molecule has 1 N–H and O–H groups in total. The standard InChI is InChI=1S/C25H32N2O6/c1-16-22(15-31-25(30)27(2)19-7-3-4-8-19)23(26-33-16)17-10-12-20(13-11-17)32-21-9-5-6-18(14-21)24(28)29/h10-13,18-19,21H,3-9,14-15H2,1-2H3,(H,28,29). The molecule has 8 heteroatoms. The number of aliphatic carboxylic acids is 1. The van der Waals surface area contributed by atoms with Crippen molar-refractivity contribution >= 4 is 12.1 Å². The Labute approximate surface area is 193 Å². The second kappa shape index (κ2) is 10.3. The van der Waals surface area contributed by atoms with Crippen LogP contribution in [-0.2, 0) is 16.1 Å². The third-order valence-corrected chi connectivity index (χ3v) is 6.89. The predicted molar refractivity (Wildman–Crippen MR) is 121 cm³/mol. The molecule has 2 atom stereocenters. The van der Waals surface area contributed by atoms with Gasteiger partial charge in [0.15, 0.2) is 0 Å². The molecule has 178 valence electrons. The third kappa shape index (κ3) is 5.49. The first kappa shape index (κ1) is 23.1. The monoisotopic (exact) mass is 456 g/mol. The normalized spacial score (nSPS) is 21.0. The molecule has 2 aliphatic rings. The number of amides is 1. The van der Waals surface area contributed by atoms with Gasteiger partial charge in [-0.2, -0.15) is 0 Å². The number of carboxylic acids is 1. The van der Waals surface area contributed by atoms with Gasteiger partial charge in [-0.1, -0.05) is 18.0 Å². The fourth-order valence-electron chi connectivity index (χ4n) is 4.82. The highest BCUT2D eigenvalue weighted by Gasteiger charge is 2.28. The molecule has 0 aliphatic heterocycles. The lowest BCUT2D eigenvalue weighted by Crippen LogP contribution is -2.35. The lowest BCUT2D eigenvalue weighted by atomic mass is 9.87. The number of carbonyl (C=O) groups is 2. The number of rotatable bonds is 7. The lowest BCUT2D eigenvalue weighted by molar-refractivity contribution is -0.143. The Morgan fingerprint density at radius 1 is 1.12 bits per heavy atom. The second-order valence-electron chi connectivity index (χ2n) is 9.14. The molecule has 1 heterocycles. The summed E-state index contributed by atoms with van der Waals surface area (Å²) in [5, 5.41) is 13.4. The van der Waals surface area contributed by atoms with E-state index in [0.717, 1.165) is 49.7 Å². The molecule has 2 aromatic rings. The molecule has 2 aliphatic carbocycles. The zero-order chi connectivity index (χ0) is 23.4. The Bertz CT molecular complexity index is 964. The van der Waals surface area contributed by atoms with E-state index in [2.05, 4.69) is 5.16 Å². The molecule has 2 unspecified atom stereocenters. The molecule has 0 radical (unpaired) electrons. The quantitative estimate of drug-likeness (QED) is 0.612. The van der Waals surface area contributed by atoms with Crippen molar-refractivity contribution < 1.29 is 28.7 Å². The van der Waals surface area contributed by atoms with Crippen molar-refractivity contribution in [1.29, 1.82) is 0 Å². The molecule has 4 rings (SSSR count). The Balaban J connectivity index is 1.38. The molecule has 2 fully saturated rings. The summed E-state index contributed by atoms with van der Waals surface area (Å²) in [6.45, 7) is 1.90. The maximum Gasteiger partial charge on any atom is 0.410 e. The molecule has 1 amide bonds. The SMILES string of the molecule is Cc1onc(-c2ccc(OC3CCCC(C(=O)O)C3)cc2)c1COC(=O)N(C)C1CCCC1. The number of hydrogen-bond donors (Lipinski definition) is 1. The number of hydrogen-bond acceptors (Lipinski definition) is 6. The number of carbonyl (C=O) groups excluding carboxylic acids is 1. The molecule has 0 spiro atoms. The van der Waals surface area contributed by atoms with Crippen LogP contribution in [0, 0.1) is 12.8 Å². The van der Waals surface area contributed by atoms with Crippen molar-refractivity contribution in [3.05, 3.63) is 35.6 Å². The van der Waals surface area contributed by atoms with Gasteiger partial charge in [0, 0.05) is 18.7 Å². The van der Waals surface area contributed by atoms with E-state index in [9.17, 15) is 14.7 Å². The van der Waals surface area contributed by atoms with Crippen LogP contribution < -0.4 is 4.74 Å². The first-order valence-corrected chi connectivity index (χ1v) is 11.8. The predicted octanol–water partition coefficient (Wildman–Crippen LogP) is 5.18. The number of aryl methyl sites for hydroxylation is 1. The minimum absolute atomic E-state index is 0.0909. The van der Waals surface area contributed by atoms with Gasteiger partial charge >= 0.3 is 12.1 Å². The first-order valence-electron chi connectivity index (χ1n) is 11.8. The summed E-state index contributed by atoms with van der Waals surface area (Å²) in [6.07, 6.45) is 6.89. The number of carboxylic acid groups (broad SMARTS) is 1. The highest BCUT2D eigenvalue weighted by atomic mass is 16.6. The number of nitrogens with zero attached hydrogens (tertiary/aromatic N) is 2. The van der Waals surface area contributed by atoms with E-state index in [0.29, 0.717) is 30.0 Å². The zero-order valence-electron chi connectivity index (χ0n) is 19.3. The fourth-order valence-corrected chi connectivity index (χ4v) is 4.82. The van der Waals surface area contributed by atoms with Crippen molar-refractivity contribution in [3.8, 4) is 17.0 Å². The molecule has 0 saturated heterocycles. The molecule has 33 heavy (non-hydrogen) atoms. The fraction of sp³-hybridized carbons (Fsp3) is 0.560. The van der Waals surface area contributed by atoms with E-state index in [4.69, 9.17) is 14.0 Å². The maximum absolute atomic E-state index is 12.5. The van der Waals surface area contributed by atoms with Gasteiger partial charge in [0.2, 0.25) is 0 Å². The Hall–Kier alpha value is -3.03. The smallest absolute Gasteiger partial charge is 0.410 e. The summed E-state index contributed by atoms with van der Waals surface area (Å²) in [5.74, 6) is 0.228. The highest BCUT2D eigenvalue weighted by Crippen LogP contribution is 2.31. The Morgan fingerprint density at radius 2 is 1.85 bits per heavy atom. The van der Waals surface area contributed by atoms with Crippen molar-refractivity contribution in [2.75, 3.05) is 7.05 Å². The van der Waals surface area contributed by atoms with Crippen LogP contribution in [0.2, 0.25) is 0 Å². The van der Waals surface area contributed by atoms with E-state index in [-0.39, 0.29) is 30.8 Å². The summed E-state index contributed by atoms with van der Waals surface area (Å²) in [7, 11) is 1.80.